The highest BCUT2D eigenvalue weighted by molar-refractivity contribution is 8.07. The van der Waals surface area contributed by atoms with Gasteiger partial charge in [-0.15, -0.1) is 46.2 Å². The highest BCUT2D eigenvalue weighted by Gasteiger charge is 2.42. The minimum atomic E-state index is 0.693. The van der Waals surface area contributed by atoms with E-state index in [0.717, 1.165) is 11.8 Å². The molecule has 4 atom stereocenters. The second kappa shape index (κ2) is 34.4. The molecule has 0 N–H and O–H groups in total. The third kappa shape index (κ3) is 20.5. The van der Waals surface area contributed by atoms with Crippen molar-refractivity contribution in [3.8, 4) is 0 Å². The Morgan fingerprint density at radius 1 is 0.417 bits per heavy atom. The average Bonchev–Trinajstić information content (AvgIpc) is 4.02. The van der Waals surface area contributed by atoms with Crippen molar-refractivity contribution in [1.29, 1.82) is 0 Å². The van der Waals surface area contributed by atoms with Crippen molar-refractivity contribution in [3.63, 3.8) is 0 Å². The van der Waals surface area contributed by atoms with Crippen LogP contribution in [0.1, 0.15) is 294 Å². The van der Waals surface area contributed by atoms with E-state index in [0.29, 0.717) is 10.5 Å². The number of fused-ring (bicyclic) bond motifs is 5. The van der Waals surface area contributed by atoms with Crippen LogP contribution >= 0.6 is 46.2 Å². The molecule has 0 saturated heterocycles. The highest BCUT2D eigenvalue weighted by Crippen LogP contribution is 2.63. The molecule has 2 aromatic heterocycles. The zero-order valence-electron chi connectivity index (χ0n) is 40.4. The molecule has 0 nitrogen and oxygen atoms in total. The van der Waals surface area contributed by atoms with E-state index in [1.807, 2.05) is 0 Å². The third-order valence-electron chi connectivity index (χ3n) is 14.5. The molecule has 4 heteroatoms. The Bertz CT molecular complexity index is 1330. The fourth-order valence-electron chi connectivity index (χ4n) is 10.5. The maximum atomic E-state index is 2.61. The molecule has 0 spiro atoms. The van der Waals surface area contributed by atoms with Gasteiger partial charge in [0.1, 0.15) is 0 Å². The van der Waals surface area contributed by atoms with E-state index in [-0.39, 0.29) is 0 Å². The summed E-state index contributed by atoms with van der Waals surface area (Å²) in [5, 5.41) is 6.58. The van der Waals surface area contributed by atoms with Crippen LogP contribution in [0.25, 0.3) is 9.40 Å². The molecule has 0 bridgehead atoms. The predicted molar refractivity (Wildman–Crippen MR) is 281 cm³/mol. The monoisotopic (exact) mass is 899 g/mol. The summed E-state index contributed by atoms with van der Waals surface area (Å²) in [6.07, 6.45) is 57.9. The highest BCUT2D eigenvalue weighted by atomic mass is 32.2. The number of thioether (sulfide) groups is 2. The van der Waals surface area contributed by atoms with Gasteiger partial charge in [0.2, 0.25) is 0 Å². The van der Waals surface area contributed by atoms with Gasteiger partial charge in [-0.25, -0.2) is 0 Å². The lowest BCUT2D eigenvalue weighted by Crippen LogP contribution is -2.05. The van der Waals surface area contributed by atoms with E-state index < -0.39 is 0 Å². The van der Waals surface area contributed by atoms with Crippen LogP contribution in [0.2, 0.25) is 0 Å². The first-order chi connectivity index (χ1) is 29.7. The van der Waals surface area contributed by atoms with Gasteiger partial charge in [0.05, 0.1) is 9.95 Å². The molecule has 2 aliphatic rings. The van der Waals surface area contributed by atoms with Crippen LogP contribution in [-0.2, 0) is 6.42 Å². The number of rotatable bonds is 42. The lowest BCUT2D eigenvalue weighted by Gasteiger charge is -2.18. The molecule has 0 fully saturated rings. The van der Waals surface area contributed by atoms with Gasteiger partial charge in [-0.05, 0) is 59.4 Å². The second-order valence-electron chi connectivity index (χ2n) is 19.9. The Morgan fingerprint density at radius 3 is 1.23 bits per heavy atom. The van der Waals surface area contributed by atoms with Gasteiger partial charge in [-0.3, -0.25) is 0 Å². The fraction of sp³-hybridized carbons (Fsp3) is 0.857. The Balaban J connectivity index is 1.16. The summed E-state index contributed by atoms with van der Waals surface area (Å²) in [6.45, 7) is 9.35. The Kier molecular flexibility index (Phi) is 30.3. The minimum absolute atomic E-state index is 0.693. The quantitative estimate of drug-likeness (QED) is 0.0609. The number of hydrogen-bond donors (Lipinski definition) is 0. The molecular weight excluding hydrogens is 801 g/mol. The van der Waals surface area contributed by atoms with Crippen molar-refractivity contribution >= 4 is 55.6 Å². The van der Waals surface area contributed by atoms with Gasteiger partial charge >= 0.3 is 0 Å². The van der Waals surface area contributed by atoms with Gasteiger partial charge in [-0.2, -0.15) is 0 Å². The fourth-order valence-corrected chi connectivity index (χ4v) is 17.0. The zero-order chi connectivity index (χ0) is 42.3. The van der Waals surface area contributed by atoms with Gasteiger partial charge in [0.25, 0.3) is 0 Å². The standard InChI is InChI=1S/C56H98S4/c1-5-9-13-17-21-23-27-31-39-47(37-29-25-19-15-11-7-3)41-33-35-43-49-45-57-53-51(49)59-56-54-52(60-55(53)56)50(46-58-54)44-36-34-42-48(38-30-26-20-16-12-8-4)40-32-28-24-22-18-14-10-6-2/h45-48,51,53H,5-44H2,1-4H3/t47?,48?,51?,53-/m1/s1. The maximum absolute atomic E-state index is 2.61. The van der Waals surface area contributed by atoms with Crippen molar-refractivity contribution in [3.05, 3.63) is 26.8 Å². The Hall–Kier alpha value is 0.1000. The number of hydrogen-bond acceptors (Lipinski definition) is 4. The van der Waals surface area contributed by atoms with E-state index in [9.17, 15) is 0 Å². The summed E-state index contributed by atoms with van der Waals surface area (Å²) >= 11 is 8.72. The number of aryl methyl sites for hydroxylation is 1. The number of unbranched alkanes of at least 4 members (excludes halogenated alkanes) is 26. The molecule has 0 amide bonds. The predicted octanol–water partition coefficient (Wildman–Crippen LogP) is 22.2. The van der Waals surface area contributed by atoms with Crippen LogP contribution in [0.5, 0.6) is 0 Å². The summed E-state index contributed by atoms with van der Waals surface area (Å²) in [6, 6.07) is 0. The molecule has 4 rings (SSSR count). The summed E-state index contributed by atoms with van der Waals surface area (Å²) in [5.74, 6) is 1.96. The third-order valence-corrected chi connectivity index (χ3v) is 20.3. The average molecular weight is 900 g/mol. The van der Waals surface area contributed by atoms with Crippen LogP contribution in [0.15, 0.2) is 21.3 Å². The van der Waals surface area contributed by atoms with Crippen molar-refractivity contribution in [2.75, 3.05) is 0 Å². The molecule has 346 valence electrons. The normalized spacial score (nSPS) is 17.2. The first-order valence-electron chi connectivity index (χ1n) is 27.2. The summed E-state index contributed by atoms with van der Waals surface area (Å²) in [5.41, 5.74) is 3.46. The summed E-state index contributed by atoms with van der Waals surface area (Å²) in [7, 11) is 0. The van der Waals surface area contributed by atoms with E-state index in [1.165, 1.54) is 257 Å². The molecular formula is C56H98S4. The molecule has 0 radical (unpaired) electrons. The SMILES string of the molecule is CCCCCCCCCCC(CCCCCCCC)CCCCC1=CS[C@H]2c3sc4c(CCCCC(CCCCCCCC)CCCCCCCCCC)csc4c3SC12. The number of thiophene rings is 2. The lowest BCUT2D eigenvalue weighted by atomic mass is 9.89. The van der Waals surface area contributed by atoms with Crippen molar-refractivity contribution in [2.24, 2.45) is 11.8 Å². The van der Waals surface area contributed by atoms with Crippen LogP contribution < -0.4 is 0 Å². The van der Waals surface area contributed by atoms with Crippen LogP contribution in [-0.4, -0.2) is 5.25 Å². The Labute approximate surface area is 391 Å². The molecule has 0 aliphatic carbocycles. The van der Waals surface area contributed by atoms with Crippen LogP contribution in [0, 0.1) is 11.8 Å². The molecule has 2 aromatic rings. The van der Waals surface area contributed by atoms with Gasteiger partial charge in [0.15, 0.2) is 0 Å². The summed E-state index contributed by atoms with van der Waals surface area (Å²) < 4.78 is 3.32. The molecule has 3 unspecified atom stereocenters. The smallest absolute Gasteiger partial charge is 0.0604 e. The van der Waals surface area contributed by atoms with E-state index >= 15 is 0 Å². The largest absolute Gasteiger partial charge is 0.141 e. The van der Waals surface area contributed by atoms with E-state index in [1.54, 1.807) is 30.3 Å². The maximum Gasteiger partial charge on any atom is 0.0604 e. The van der Waals surface area contributed by atoms with Crippen LogP contribution in [0.3, 0.4) is 0 Å². The van der Waals surface area contributed by atoms with E-state index in [4.69, 9.17) is 0 Å². The molecule has 0 aromatic carbocycles. The van der Waals surface area contributed by atoms with Gasteiger partial charge in [-0.1, -0.05) is 259 Å². The molecule has 4 heterocycles. The lowest BCUT2D eigenvalue weighted by molar-refractivity contribution is 0.368. The van der Waals surface area contributed by atoms with E-state index in [2.05, 4.69) is 84.7 Å². The second-order valence-corrected chi connectivity index (χ2v) is 24.0. The zero-order valence-corrected chi connectivity index (χ0v) is 43.6. The molecule has 2 aliphatic heterocycles. The minimum Gasteiger partial charge on any atom is -0.141 e. The van der Waals surface area contributed by atoms with Crippen LogP contribution in [0.4, 0.5) is 0 Å². The van der Waals surface area contributed by atoms with Gasteiger partial charge < -0.3 is 0 Å². The van der Waals surface area contributed by atoms with Gasteiger partial charge in [0, 0.05) is 19.7 Å². The van der Waals surface area contributed by atoms with Crippen molar-refractivity contribution in [2.45, 2.75) is 300 Å². The molecule has 60 heavy (non-hydrogen) atoms. The first kappa shape index (κ1) is 52.7. The first-order valence-corrected chi connectivity index (χ1v) is 30.8. The van der Waals surface area contributed by atoms with Crippen molar-refractivity contribution < 1.29 is 0 Å². The Morgan fingerprint density at radius 2 is 0.800 bits per heavy atom. The topological polar surface area (TPSA) is 0 Å². The summed E-state index contributed by atoms with van der Waals surface area (Å²) in [4.78, 5) is 3.42. The van der Waals surface area contributed by atoms with Crippen molar-refractivity contribution in [1.82, 2.24) is 0 Å². The molecule has 0 saturated carbocycles.